The zero-order chi connectivity index (χ0) is 23.5. The highest BCUT2D eigenvalue weighted by atomic mass is 32.1. The van der Waals surface area contributed by atoms with Gasteiger partial charge >= 0.3 is 0 Å². The lowest BCUT2D eigenvalue weighted by Gasteiger charge is -2.21. The van der Waals surface area contributed by atoms with E-state index in [2.05, 4.69) is 52.0 Å². The van der Waals surface area contributed by atoms with Crippen molar-refractivity contribution in [1.82, 2.24) is 4.98 Å². The van der Waals surface area contributed by atoms with Gasteiger partial charge in [0.05, 0.1) is 16.8 Å². The largest absolute Gasteiger partial charge is 0.483 e. The quantitative estimate of drug-likeness (QED) is 0.301. The zero-order valence-corrected chi connectivity index (χ0v) is 20.7. The molecule has 0 radical (unpaired) electrons. The van der Waals surface area contributed by atoms with Crippen LogP contribution in [0.15, 0.2) is 60.7 Å². The maximum absolute atomic E-state index is 13.5. The highest BCUT2D eigenvalue weighted by Crippen LogP contribution is 2.33. The molecule has 0 atom stereocenters. The number of aryl methyl sites for hydroxylation is 3. The fraction of sp³-hybridized carbons (Fsp3) is 0.286. The van der Waals surface area contributed by atoms with Crippen molar-refractivity contribution >= 4 is 32.6 Å². The molecular weight excluding hydrogens is 428 g/mol. The summed E-state index contributed by atoms with van der Waals surface area (Å²) in [5, 5.41) is 0.699. The molecule has 0 N–H and O–H groups in total. The molecule has 0 spiro atoms. The third-order valence-electron chi connectivity index (χ3n) is 5.68. The molecule has 1 heterocycles. The van der Waals surface area contributed by atoms with Gasteiger partial charge in [0.25, 0.3) is 5.91 Å². The van der Waals surface area contributed by atoms with Crippen LogP contribution in [0.5, 0.6) is 5.75 Å². The number of aromatic nitrogens is 1. The molecule has 0 unspecified atom stereocenters. The van der Waals surface area contributed by atoms with E-state index < -0.39 is 0 Å². The minimum atomic E-state index is -0.108. The van der Waals surface area contributed by atoms with Gasteiger partial charge in [-0.1, -0.05) is 73.7 Å². The second kappa shape index (κ2) is 9.75. The van der Waals surface area contributed by atoms with Crippen molar-refractivity contribution in [1.29, 1.82) is 0 Å². The lowest BCUT2D eigenvalue weighted by atomic mass is 10.0. The van der Waals surface area contributed by atoms with Crippen molar-refractivity contribution in [2.75, 3.05) is 11.5 Å². The van der Waals surface area contributed by atoms with Gasteiger partial charge in [0.1, 0.15) is 5.75 Å². The first-order chi connectivity index (χ1) is 15.8. The molecule has 1 aromatic heterocycles. The summed E-state index contributed by atoms with van der Waals surface area (Å²) in [6.45, 7) is 10.9. The third kappa shape index (κ3) is 5.25. The fourth-order valence-electron chi connectivity index (χ4n) is 3.96. The number of carbonyl (C=O) groups excluding carboxylic acids is 1. The molecule has 0 bridgehead atoms. The van der Waals surface area contributed by atoms with Crippen molar-refractivity contribution < 1.29 is 9.53 Å². The van der Waals surface area contributed by atoms with Crippen LogP contribution < -0.4 is 9.64 Å². The first kappa shape index (κ1) is 23.0. The van der Waals surface area contributed by atoms with Gasteiger partial charge in [-0.2, -0.15) is 0 Å². The maximum atomic E-state index is 13.5. The molecular formula is C28H30N2O2S. The summed E-state index contributed by atoms with van der Waals surface area (Å²) in [5.41, 5.74) is 6.54. The number of carbonyl (C=O) groups is 1. The number of rotatable bonds is 7. The van der Waals surface area contributed by atoms with E-state index in [-0.39, 0.29) is 12.5 Å². The maximum Gasteiger partial charge on any atom is 0.267 e. The molecule has 1 amide bonds. The Bertz CT molecular complexity index is 1280. The van der Waals surface area contributed by atoms with Gasteiger partial charge < -0.3 is 4.74 Å². The molecule has 4 aromatic rings. The van der Waals surface area contributed by atoms with Crippen LogP contribution in [0.2, 0.25) is 0 Å². The Labute approximate surface area is 199 Å². The van der Waals surface area contributed by atoms with Crippen LogP contribution in [0.4, 0.5) is 5.13 Å². The third-order valence-corrected chi connectivity index (χ3v) is 6.70. The van der Waals surface area contributed by atoms with Gasteiger partial charge in [0, 0.05) is 0 Å². The minimum absolute atomic E-state index is 0.0378. The van der Waals surface area contributed by atoms with Crippen LogP contribution in [0.3, 0.4) is 0 Å². The lowest BCUT2D eigenvalue weighted by Crippen LogP contribution is -2.34. The van der Waals surface area contributed by atoms with Crippen LogP contribution in [0, 0.1) is 20.8 Å². The predicted octanol–water partition coefficient (Wildman–Crippen LogP) is 6.96. The molecule has 4 rings (SSSR count). The second-order valence-corrected chi connectivity index (χ2v) is 9.88. The number of anilines is 1. The van der Waals surface area contributed by atoms with Gasteiger partial charge in [0.2, 0.25) is 0 Å². The molecule has 0 fully saturated rings. The molecule has 33 heavy (non-hydrogen) atoms. The smallest absolute Gasteiger partial charge is 0.267 e. The molecule has 0 aliphatic heterocycles. The predicted molar refractivity (Wildman–Crippen MR) is 137 cm³/mol. The number of hydrogen-bond acceptors (Lipinski definition) is 4. The van der Waals surface area contributed by atoms with Gasteiger partial charge in [-0.25, -0.2) is 4.98 Å². The summed E-state index contributed by atoms with van der Waals surface area (Å²) in [6, 6.07) is 20.4. The topological polar surface area (TPSA) is 42.4 Å². The zero-order valence-electron chi connectivity index (χ0n) is 19.9. The Morgan fingerprint density at radius 2 is 1.76 bits per heavy atom. The van der Waals surface area contributed by atoms with Crippen LogP contribution in [0.25, 0.3) is 10.2 Å². The SMILES string of the molecule is Cc1ccc(C(C)C)c(OCC(=O)N(Cc2ccccc2)c2nc3c(C)cc(C)cc3s2)c1. The van der Waals surface area contributed by atoms with Crippen LogP contribution in [0.1, 0.15) is 47.6 Å². The van der Waals surface area contributed by atoms with Crippen molar-refractivity contribution in [2.24, 2.45) is 0 Å². The first-order valence-electron chi connectivity index (χ1n) is 11.3. The molecule has 0 aliphatic rings. The number of ether oxygens (including phenoxy) is 1. The monoisotopic (exact) mass is 458 g/mol. The fourth-order valence-corrected chi connectivity index (χ4v) is 5.12. The highest BCUT2D eigenvalue weighted by molar-refractivity contribution is 7.22. The van der Waals surface area contributed by atoms with Gasteiger partial charge in [0.15, 0.2) is 11.7 Å². The summed E-state index contributed by atoms with van der Waals surface area (Å²) < 4.78 is 7.18. The highest BCUT2D eigenvalue weighted by Gasteiger charge is 2.22. The summed E-state index contributed by atoms with van der Waals surface area (Å²) in [5.74, 6) is 0.976. The molecule has 0 saturated carbocycles. The summed E-state index contributed by atoms with van der Waals surface area (Å²) >= 11 is 1.55. The molecule has 5 heteroatoms. The Balaban J connectivity index is 1.65. The molecule has 0 aliphatic carbocycles. The van der Waals surface area contributed by atoms with E-state index in [0.717, 1.165) is 38.2 Å². The van der Waals surface area contributed by atoms with E-state index in [4.69, 9.17) is 9.72 Å². The number of hydrogen-bond donors (Lipinski definition) is 0. The number of nitrogens with zero attached hydrogens (tertiary/aromatic N) is 2. The average Bonchev–Trinajstić information content (AvgIpc) is 3.20. The van der Waals surface area contributed by atoms with Crippen molar-refractivity contribution in [3.8, 4) is 5.75 Å². The van der Waals surface area contributed by atoms with E-state index in [0.29, 0.717) is 17.6 Å². The summed E-state index contributed by atoms with van der Waals surface area (Å²) in [4.78, 5) is 20.1. The van der Waals surface area contributed by atoms with E-state index >= 15 is 0 Å². The minimum Gasteiger partial charge on any atom is -0.483 e. The number of thiazole rings is 1. The molecule has 3 aromatic carbocycles. The van der Waals surface area contributed by atoms with Crippen LogP contribution in [-0.2, 0) is 11.3 Å². The van der Waals surface area contributed by atoms with Gasteiger partial charge in [-0.05, 0) is 66.6 Å². The molecule has 170 valence electrons. The van der Waals surface area contributed by atoms with Crippen LogP contribution in [-0.4, -0.2) is 17.5 Å². The number of amides is 1. The van der Waals surface area contributed by atoms with Gasteiger partial charge in [-0.3, -0.25) is 9.69 Å². The van der Waals surface area contributed by atoms with Gasteiger partial charge in [-0.15, -0.1) is 0 Å². The second-order valence-electron chi connectivity index (χ2n) is 8.88. The van der Waals surface area contributed by atoms with E-state index in [1.807, 2.05) is 43.3 Å². The van der Waals surface area contributed by atoms with E-state index in [1.54, 1.807) is 16.2 Å². The van der Waals surface area contributed by atoms with Crippen molar-refractivity contribution in [3.63, 3.8) is 0 Å². The standard InChI is InChI=1S/C28H30N2O2S/c1-18(2)23-12-11-19(3)14-24(23)32-17-26(31)30(16-22-9-7-6-8-10-22)28-29-27-21(5)13-20(4)15-25(27)33-28/h6-15,18H,16-17H2,1-5H3. The molecule has 4 nitrogen and oxygen atoms in total. The van der Waals surface area contributed by atoms with E-state index in [9.17, 15) is 4.79 Å². The Morgan fingerprint density at radius 1 is 1.00 bits per heavy atom. The molecule has 0 saturated heterocycles. The van der Waals surface area contributed by atoms with Crippen molar-refractivity contribution in [3.05, 3.63) is 88.5 Å². The normalized spacial score (nSPS) is 11.2. The van der Waals surface area contributed by atoms with Crippen LogP contribution >= 0.6 is 11.3 Å². The number of benzene rings is 3. The summed E-state index contributed by atoms with van der Waals surface area (Å²) in [7, 11) is 0. The Morgan fingerprint density at radius 3 is 2.48 bits per heavy atom. The average molecular weight is 459 g/mol. The Kier molecular flexibility index (Phi) is 6.80. The number of fused-ring (bicyclic) bond motifs is 1. The lowest BCUT2D eigenvalue weighted by molar-refractivity contribution is -0.120. The summed E-state index contributed by atoms with van der Waals surface area (Å²) in [6.07, 6.45) is 0. The first-order valence-corrected chi connectivity index (χ1v) is 12.1. The van der Waals surface area contributed by atoms with E-state index in [1.165, 1.54) is 5.56 Å². The Hall–Kier alpha value is -3.18. The van der Waals surface area contributed by atoms with Crippen molar-refractivity contribution in [2.45, 2.75) is 47.1 Å².